The maximum absolute atomic E-state index is 12.4. The minimum atomic E-state index is -0.466. The largest absolute Gasteiger partial charge is 0.326 e. The number of anilines is 2. The van der Waals surface area contributed by atoms with Gasteiger partial charge in [-0.2, -0.15) is 0 Å². The molecule has 1 unspecified atom stereocenters. The lowest BCUT2D eigenvalue weighted by Crippen LogP contribution is -2.28. The average Bonchev–Trinajstić information content (AvgIpc) is 2.88. The maximum Gasteiger partial charge on any atom is 0.229 e. The molecule has 1 atom stereocenters. The molecule has 2 aromatic rings. The molecule has 0 bridgehead atoms. The Balaban J connectivity index is 1.73. The molecule has 0 aromatic heterocycles. The van der Waals surface area contributed by atoms with Gasteiger partial charge in [0.25, 0.3) is 0 Å². The number of hydrogen-bond donors (Lipinski definition) is 1. The third-order valence-electron chi connectivity index (χ3n) is 3.77. The first-order valence-corrected chi connectivity index (χ1v) is 8.39. The summed E-state index contributed by atoms with van der Waals surface area (Å²) in [6, 6.07) is 11.9. The lowest BCUT2D eigenvalue weighted by Gasteiger charge is -2.18. The molecule has 0 radical (unpaired) electrons. The van der Waals surface area contributed by atoms with E-state index in [1.54, 1.807) is 42.5 Å². The number of benzene rings is 2. The quantitative estimate of drug-likeness (QED) is 0.839. The van der Waals surface area contributed by atoms with Crippen molar-refractivity contribution >= 4 is 58.0 Å². The van der Waals surface area contributed by atoms with Crippen LogP contribution in [0.2, 0.25) is 15.1 Å². The van der Waals surface area contributed by atoms with Gasteiger partial charge in [0.1, 0.15) is 0 Å². The van der Waals surface area contributed by atoms with Gasteiger partial charge in [-0.05, 0) is 30.3 Å². The first-order valence-electron chi connectivity index (χ1n) is 7.26. The molecule has 2 amide bonds. The van der Waals surface area contributed by atoms with E-state index in [4.69, 9.17) is 34.8 Å². The minimum absolute atomic E-state index is 0.130. The van der Waals surface area contributed by atoms with Gasteiger partial charge in [-0.25, -0.2) is 0 Å². The molecular weight excluding hydrogens is 371 g/mol. The fourth-order valence-corrected chi connectivity index (χ4v) is 3.42. The van der Waals surface area contributed by atoms with Crippen molar-refractivity contribution in [3.63, 3.8) is 0 Å². The molecule has 4 nitrogen and oxygen atoms in total. The molecule has 1 aliphatic rings. The van der Waals surface area contributed by atoms with Crippen molar-refractivity contribution < 1.29 is 9.59 Å². The van der Waals surface area contributed by atoms with Gasteiger partial charge in [0.15, 0.2) is 0 Å². The van der Waals surface area contributed by atoms with Crippen molar-refractivity contribution in [1.82, 2.24) is 0 Å². The number of rotatable bonds is 3. The van der Waals surface area contributed by atoms with E-state index < -0.39 is 5.92 Å². The van der Waals surface area contributed by atoms with Crippen LogP contribution < -0.4 is 10.2 Å². The number of amides is 2. The Morgan fingerprint density at radius 2 is 1.75 bits per heavy atom. The van der Waals surface area contributed by atoms with Crippen LogP contribution in [0.1, 0.15) is 6.42 Å². The van der Waals surface area contributed by atoms with E-state index in [0.29, 0.717) is 26.4 Å². The van der Waals surface area contributed by atoms with Gasteiger partial charge in [-0.1, -0.05) is 46.9 Å². The Bertz CT molecular complexity index is 790. The van der Waals surface area contributed by atoms with Gasteiger partial charge >= 0.3 is 0 Å². The summed E-state index contributed by atoms with van der Waals surface area (Å²) >= 11 is 18.0. The highest BCUT2D eigenvalue weighted by Crippen LogP contribution is 2.31. The number of para-hydroxylation sites is 1. The number of carbonyl (C=O) groups excluding carboxylic acids is 2. The van der Waals surface area contributed by atoms with Crippen LogP contribution in [0.5, 0.6) is 0 Å². The number of nitrogens with one attached hydrogen (secondary N) is 1. The van der Waals surface area contributed by atoms with Gasteiger partial charge in [-0.3, -0.25) is 9.59 Å². The molecule has 0 aliphatic carbocycles. The van der Waals surface area contributed by atoms with Crippen LogP contribution >= 0.6 is 34.8 Å². The van der Waals surface area contributed by atoms with Gasteiger partial charge in [0, 0.05) is 28.7 Å². The zero-order valence-corrected chi connectivity index (χ0v) is 14.7. The maximum atomic E-state index is 12.4. The van der Waals surface area contributed by atoms with Gasteiger partial charge in [-0.15, -0.1) is 0 Å². The number of hydrogen-bond acceptors (Lipinski definition) is 2. The van der Waals surface area contributed by atoms with Crippen molar-refractivity contribution in [3.8, 4) is 0 Å². The van der Waals surface area contributed by atoms with E-state index in [9.17, 15) is 9.59 Å². The fraction of sp³-hybridized carbons (Fsp3) is 0.176. The van der Waals surface area contributed by atoms with Crippen LogP contribution in [0.15, 0.2) is 42.5 Å². The first kappa shape index (κ1) is 17.1. The second kappa shape index (κ2) is 7.01. The lowest BCUT2D eigenvalue weighted by atomic mass is 10.1. The minimum Gasteiger partial charge on any atom is -0.326 e. The second-order valence-electron chi connectivity index (χ2n) is 5.50. The summed E-state index contributed by atoms with van der Waals surface area (Å²) < 4.78 is 0. The molecule has 1 N–H and O–H groups in total. The number of halogens is 3. The summed E-state index contributed by atoms with van der Waals surface area (Å²) in [5.74, 6) is -0.852. The van der Waals surface area contributed by atoms with E-state index in [1.165, 1.54) is 4.90 Å². The van der Waals surface area contributed by atoms with Crippen LogP contribution in [0.3, 0.4) is 0 Å². The van der Waals surface area contributed by atoms with E-state index in [0.717, 1.165) is 0 Å². The molecule has 1 saturated heterocycles. The Morgan fingerprint density at radius 1 is 1.08 bits per heavy atom. The topological polar surface area (TPSA) is 49.4 Å². The molecule has 24 heavy (non-hydrogen) atoms. The van der Waals surface area contributed by atoms with Crippen LogP contribution in [0.4, 0.5) is 11.4 Å². The van der Waals surface area contributed by atoms with Crippen molar-refractivity contribution in [1.29, 1.82) is 0 Å². The van der Waals surface area contributed by atoms with Crippen molar-refractivity contribution in [2.75, 3.05) is 16.8 Å². The highest BCUT2D eigenvalue weighted by Gasteiger charge is 2.35. The molecule has 1 heterocycles. The molecule has 7 heteroatoms. The molecule has 3 rings (SSSR count). The fourth-order valence-electron chi connectivity index (χ4n) is 2.66. The number of carbonyl (C=O) groups is 2. The summed E-state index contributed by atoms with van der Waals surface area (Å²) in [6.07, 6.45) is 0.130. The van der Waals surface area contributed by atoms with Crippen LogP contribution in [0.25, 0.3) is 0 Å². The van der Waals surface area contributed by atoms with Crippen LogP contribution in [0, 0.1) is 5.92 Å². The van der Waals surface area contributed by atoms with E-state index in [1.807, 2.05) is 0 Å². The van der Waals surface area contributed by atoms with Crippen molar-refractivity contribution in [3.05, 3.63) is 57.5 Å². The lowest BCUT2D eigenvalue weighted by molar-refractivity contribution is -0.122. The predicted molar refractivity (Wildman–Crippen MR) is 97.0 cm³/mol. The Kier molecular flexibility index (Phi) is 4.99. The third-order valence-corrected chi connectivity index (χ3v) is 4.53. The number of nitrogens with zero attached hydrogens (tertiary/aromatic N) is 1. The van der Waals surface area contributed by atoms with Crippen LogP contribution in [-0.4, -0.2) is 18.4 Å². The molecule has 0 spiro atoms. The summed E-state index contributed by atoms with van der Waals surface area (Å²) in [4.78, 5) is 26.2. The summed E-state index contributed by atoms with van der Waals surface area (Å²) in [7, 11) is 0. The van der Waals surface area contributed by atoms with Gasteiger partial charge in [0.2, 0.25) is 11.8 Å². The first-order chi connectivity index (χ1) is 11.4. The Morgan fingerprint density at radius 3 is 2.42 bits per heavy atom. The zero-order valence-electron chi connectivity index (χ0n) is 12.4. The van der Waals surface area contributed by atoms with E-state index in [-0.39, 0.29) is 24.8 Å². The molecule has 1 aliphatic heterocycles. The molecule has 2 aromatic carbocycles. The Hall–Kier alpha value is -1.75. The monoisotopic (exact) mass is 382 g/mol. The van der Waals surface area contributed by atoms with E-state index in [2.05, 4.69) is 5.32 Å². The highest BCUT2D eigenvalue weighted by atomic mass is 35.5. The standard InChI is InChI=1S/C17H13Cl3N2O2/c18-11-6-12(19)8-13(7-11)21-17(24)10-5-16(23)22(9-10)15-4-2-1-3-14(15)20/h1-4,6-8,10H,5,9H2,(H,21,24). The van der Waals surface area contributed by atoms with Gasteiger partial charge in [0.05, 0.1) is 16.6 Å². The van der Waals surface area contributed by atoms with Crippen LogP contribution in [-0.2, 0) is 9.59 Å². The molecule has 124 valence electrons. The van der Waals surface area contributed by atoms with E-state index >= 15 is 0 Å². The summed E-state index contributed by atoms with van der Waals surface area (Å²) in [6.45, 7) is 0.280. The predicted octanol–water partition coefficient (Wildman–Crippen LogP) is 4.64. The smallest absolute Gasteiger partial charge is 0.229 e. The van der Waals surface area contributed by atoms with Crippen molar-refractivity contribution in [2.45, 2.75) is 6.42 Å². The SMILES string of the molecule is O=C(Nc1cc(Cl)cc(Cl)c1)C1CC(=O)N(c2ccccc2Cl)C1. The second-order valence-corrected chi connectivity index (χ2v) is 6.78. The normalized spacial score (nSPS) is 17.2. The molecular formula is C17H13Cl3N2O2. The summed E-state index contributed by atoms with van der Waals surface area (Å²) in [5.41, 5.74) is 1.12. The molecule has 1 fully saturated rings. The Labute approximate surface area is 154 Å². The third kappa shape index (κ3) is 3.66. The average molecular weight is 384 g/mol. The highest BCUT2D eigenvalue weighted by molar-refractivity contribution is 6.35. The summed E-state index contributed by atoms with van der Waals surface area (Å²) in [5, 5.41) is 4.09. The van der Waals surface area contributed by atoms with Gasteiger partial charge < -0.3 is 10.2 Å². The van der Waals surface area contributed by atoms with Crippen molar-refractivity contribution in [2.24, 2.45) is 5.92 Å². The molecule has 0 saturated carbocycles. The zero-order chi connectivity index (χ0) is 17.3.